The van der Waals surface area contributed by atoms with E-state index >= 15 is 0 Å². The molecule has 0 radical (unpaired) electrons. The molecule has 0 unspecified atom stereocenters. The number of aryl methyl sites for hydroxylation is 2. The highest BCUT2D eigenvalue weighted by atomic mass is 16.2. The largest absolute Gasteiger partial charge is 0.352 e. The average molecular weight is 366 g/mol. The first-order valence-electron chi connectivity index (χ1n) is 9.16. The van der Waals surface area contributed by atoms with Gasteiger partial charge in [0.15, 0.2) is 11.6 Å². The molecule has 1 aromatic carbocycles. The number of carbonyl (C=O) groups is 1. The lowest BCUT2D eigenvalue weighted by molar-refractivity contribution is -0.116. The predicted molar refractivity (Wildman–Crippen MR) is 104 cm³/mol. The molecule has 3 aromatic rings. The first-order valence-corrected chi connectivity index (χ1v) is 9.16. The highest BCUT2D eigenvalue weighted by Crippen LogP contribution is 2.18. The van der Waals surface area contributed by atoms with Crippen molar-refractivity contribution in [2.75, 3.05) is 23.3 Å². The highest BCUT2D eigenvalue weighted by molar-refractivity contribution is 5.89. The smallest absolute Gasteiger partial charge is 0.294 e. The molecule has 1 saturated heterocycles. The van der Waals surface area contributed by atoms with Crippen molar-refractivity contribution in [2.45, 2.75) is 25.8 Å². The summed E-state index contributed by atoms with van der Waals surface area (Å²) in [6.45, 7) is 1.99. The van der Waals surface area contributed by atoms with Crippen LogP contribution >= 0.6 is 0 Å². The molecule has 8 heteroatoms. The lowest BCUT2D eigenvalue weighted by atomic mass is 10.2. The van der Waals surface area contributed by atoms with Crippen molar-refractivity contribution < 1.29 is 4.79 Å². The van der Waals surface area contributed by atoms with Crippen LogP contribution in [0, 0.1) is 0 Å². The number of carbonyl (C=O) groups excluding carboxylic acids is 1. The summed E-state index contributed by atoms with van der Waals surface area (Å²) >= 11 is 0. The second-order valence-electron chi connectivity index (χ2n) is 6.75. The Kier molecular flexibility index (Phi) is 4.62. The minimum absolute atomic E-state index is 0.138. The number of hydrogen-bond donors (Lipinski definition) is 1. The molecule has 1 aliphatic rings. The molecule has 1 amide bonds. The van der Waals surface area contributed by atoms with Crippen LogP contribution in [0.1, 0.15) is 19.3 Å². The van der Waals surface area contributed by atoms with Crippen LogP contribution in [0.2, 0.25) is 0 Å². The zero-order valence-electron chi connectivity index (χ0n) is 15.3. The van der Waals surface area contributed by atoms with Gasteiger partial charge in [0.25, 0.3) is 5.56 Å². The van der Waals surface area contributed by atoms with Crippen molar-refractivity contribution in [3.05, 3.63) is 46.9 Å². The number of nitrogens with zero attached hydrogens (tertiary/aromatic N) is 5. The Morgan fingerprint density at radius 1 is 1.19 bits per heavy atom. The third-order valence-corrected chi connectivity index (χ3v) is 4.78. The molecular formula is C19H22N6O2. The van der Waals surface area contributed by atoms with Gasteiger partial charge >= 0.3 is 0 Å². The van der Waals surface area contributed by atoms with Gasteiger partial charge in [-0.25, -0.2) is 4.98 Å². The topological polar surface area (TPSA) is 85.0 Å². The van der Waals surface area contributed by atoms with E-state index in [0.29, 0.717) is 18.2 Å². The van der Waals surface area contributed by atoms with Gasteiger partial charge in [-0.2, -0.15) is 5.10 Å². The Morgan fingerprint density at radius 2 is 1.96 bits per heavy atom. The fourth-order valence-corrected chi connectivity index (χ4v) is 3.44. The summed E-state index contributed by atoms with van der Waals surface area (Å²) in [6.07, 6.45) is 4.09. The van der Waals surface area contributed by atoms with Crippen molar-refractivity contribution in [2.24, 2.45) is 7.05 Å². The maximum Gasteiger partial charge on any atom is 0.294 e. The molecule has 0 aliphatic carbocycles. The minimum Gasteiger partial charge on any atom is -0.352 e. The minimum atomic E-state index is -0.177. The SMILES string of the molecule is Cn1ccc(NC(=O)CCn2c(=O)c(N3CCCC3)nc3ccccc32)n1. The number of anilines is 2. The normalized spacial score (nSPS) is 14.0. The zero-order valence-corrected chi connectivity index (χ0v) is 15.3. The molecule has 4 rings (SSSR count). The van der Waals surface area contributed by atoms with Crippen molar-refractivity contribution in [3.8, 4) is 0 Å². The molecule has 1 aliphatic heterocycles. The molecule has 0 atom stereocenters. The number of hydrogen-bond acceptors (Lipinski definition) is 5. The summed E-state index contributed by atoms with van der Waals surface area (Å²) in [5, 5.41) is 6.90. The van der Waals surface area contributed by atoms with Crippen molar-refractivity contribution >= 4 is 28.6 Å². The first-order chi connectivity index (χ1) is 13.1. The summed E-state index contributed by atoms with van der Waals surface area (Å²) in [4.78, 5) is 32.0. The van der Waals surface area contributed by atoms with Crippen LogP contribution in [0.25, 0.3) is 11.0 Å². The molecule has 3 heterocycles. The number of rotatable bonds is 5. The first kappa shape index (κ1) is 17.3. The highest BCUT2D eigenvalue weighted by Gasteiger charge is 2.20. The fraction of sp³-hybridized carbons (Fsp3) is 0.368. The van der Waals surface area contributed by atoms with E-state index < -0.39 is 0 Å². The molecule has 0 bridgehead atoms. The lowest BCUT2D eigenvalue weighted by Crippen LogP contribution is -2.32. The number of amides is 1. The molecule has 2 aromatic heterocycles. The summed E-state index contributed by atoms with van der Waals surface area (Å²) in [5.41, 5.74) is 1.38. The molecule has 0 saturated carbocycles. The van der Waals surface area contributed by atoms with Gasteiger partial charge in [0.05, 0.1) is 11.0 Å². The van der Waals surface area contributed by atoms with Gasteiger partial charge in [-0.1, -0.05) is 12.1 Å². The Balaban J connectivity index is 1.60. The number of nitrogens with one attached hydrogen (secondary N) is 1. The summed E-state index contributed by atoms with van der Waals surface area (Å²) in [6, 6.07) is 9.29. The van der Waals surface area contributed by atoms with Crippen LogP contribution in [0.15, 0.2) is 41.3 Å². The van der Waals surface area contributed by atoms with Crippen LogP contribution in [-0.2, 0) is 18.4 Å². The van der Waals surface area contributed by atoms with E-state index in [1.54, 1.807) is 28.6 Å². The Bertz CT molecular complexity index is 1030. The summed E-state index contributed by atoms with van der Waals surface area (Å²) < 4.78 is 3.28. The van der Waals surface area contributed by atoms with Crippen LogP contribution in [0.5, 0.6) is 0 Å². The number of fused-ring (bicyclic) bond motifs is 1. The Morgan fingerprint density at radius 3 is 2.70 bits per heavy atom. The predicted octanol–water partition coefficient (Wildman–Crippen LogP) is 1.76. The molecule has 140 valence electrons. The summed E-state index contributed by atoms with van der Waals surface area (Å²) in [5.74, 6) is 0.813. The average Bonchev–Trinajstić information content (AvgIpc) is 3.32. The van der Waals surface area contributed by atoms with Crippen LogP contribution < -0.4 is 15.8 Å². The molecular weight excluding hydrogens is 344 g/mol. The van der Waals surface area contributed by atoms with Gasteiger partial charge in [0, 0.05) is 45.4 Å². The Hall–Kier alpha value is -3.16. The van der Waals surface area contributed by atoms with Gasteiger partial charge in [-0.15, -0.1) is 0 Å². The van der Waals surface area contributed by atoms with Gasteiger partial charge in [0.1, 0.15) is 0 Å². The maximum atomic E-state index is 13.1. The quantitative estimate of drug-likeness (QED) is 0.744. The fourth-order valence-electron chi connectivity index (χ4n) is 3.44. The van der Waals surface area contributed by atoms with Crippen molar-refractivity contribution in [1.29, 1.82) is 0 Å². The van der Waals surface area contributed by atoms with E-state index in [1.807, 2.05) is 29.2 Å². The van der Waals surface area contributed by atoms with Gasteiger partial charge in [-0.3, -0.25) is 14.3 Å². The van der Waals surface area contributed by atoms with Gasteiger partial charge in [-0.05, 0) is 25.0 Å². The third-order valence-electron chi connectivity index (χ3n) is 4.78. The molecule has 1 N–H and O–H groups in total. The van der Waals surface area contributed by atoms with E-state index in [2.05, 4.69) is 15.4 Å². The third kappa shape index (κ3) is 3.55. The van der Waals surface area contributed by atoms with E-state index in [4.69, 9.17) is 0 Å². The van der Waals surface area contributed by atoms with Crippen LogP contribution in [-0.4, -0.2) is 38.3 Å². The molecule has 27 heavy (non-hydrogen) atoms. The molecule has 1 fully saturated rings. The standard InChI is InChI=1S/C19H22N6O2/c1-23-12-8-16(22-23)21-17(26)9-13-25-15-7-3-2-6-14(15)20-18(19(25)27)24-10-4-5-11-24/h2-3,6-8,12H,4-5,9-11,13H2,1H3,(H,21,22,26). The second kappa shape index (κ2) is 7.22. The lowest BCUT2D eigenvalue weighted by Gasteiger charge is -2.18. The van der Waals surface area contributed by atoms with Crippen molar-refractivity contribution in [3.63, 3.8) is 0 Å². The van der Waals surface area contributed by atoms with E-state index in [1.165, 1.54) is 0 Å². The van der Waals surface area contributed by atoms with E-state index in [0.717, 1.165) is 37.0 Å². The van der Waals surface area contributed by atoms with Crippen molar-refractivity contribution in [1.82, 2.24) is 19.3 Å². The van der Waals surface area contributed by atoms with Crippen LogP contribution in [0.3, 0.4) is 0 Å². The Labute approximate surface area is 156 Å². The van der Waals surface area contributed by atoms with Gasteiger partial charge < -0.3 is 14.8 Å². The van der Waals surface area contributed by atoms with Gasteiger partial charge in [0.2, 0.25) is 5.91 Å². The zero-order chi connectivity index (χ0) is 18.8. The number of benzene rings is 1. The van der Waals surface area contributed by atoms with Crippen LogP contribution in [0.4, 0.5) is 11.6 Å². The number of aromatic nitrogens is 4. The second-order valence-corrected chi connectivity index (χ2v) is 6.75. The van der Waals surface area contributed by atoms with E-state index in [-0.39, 0.29) is 17.9 Å². The molecule has 0 spiro atoms. The number of para-hydroxylation sites is 2. The molecule has 8 nitrogen and oxygen atoms in total. The summed E-state index contributed by atoms with van der Waals surface area (Å²) in [7, 11) is 1.79. The van der Waals surface area contributed by atoms with E-state index in [9.17, 15) is 9.59 Å². The maximum absolute atomic E-state index is 13.1. The monoisotopic (exact) mass is 366 g/mol.